The number of hydrogen-bond donors (Lipinski definition) is 1. The van der Waals surface area contributed by atoms with Crippen molar-refractivity contribution in [1.82, 2.24) is 10.2 Å². The Hall–Kier alpha value is -1.47. The maximum Gasteiger partial charge on any atom is 0.422 e. The fourth-order valence-corrected chi connectivity index (χ4v) is 2.81. The molecule has 2 rings (SSSR count). The number of nitrogens with zero attached hydrogens (tertiary/aromatic N) is 1. The first-order valence-electron chi connectivity index (χ1n) is 8.12. The predicted octanol–water partition coefficient (Wildman–Crippen LogP) is 3.51. The van der Waals surface area contributed by atoms with Crippen LogP contribution in [0.1, 0.15) is 29.6 Å². The van der Waals surface area contributed by atoms with Gasteiger partial charge in [0.05, 0.1) is 0 Å². The Bertz CT molecular complexity index is 530. The number of hydrogen-bond acceptors (Lipinski definition) is 3. The van der Waals surface area contributed by atoms with Gasteiger partial charge < -0.3 is 15.0 Å². The third-order valence-electron chi connectivity index (χ3n) is 4.21. The van der Waals surface area contributed by atoms with Crippen molar-refractivity contribution in [2.45, 2.75) is 25.4 Å². The van der Waals surface area contributed by atoms with Crippen molar-refractivity contribution in [3.05, 3.63) is 29.8 Å². The first-order valence-corrected chi connectivity index (χ1v) is 8.12. The first kappa shape index (κ1) is 21.6. The summed E-state index contributed by atoms with van der Waals surface area (Å²) in [4.78, 5) is 14.2. The number of alkyl halides is 3. The Labute approximate surface area is 152 Å². The third-order valence-corrected chi connectivity index (χ3v) is 4.21. The monoisotopic (exact) mass is 380 g/mol. The van der Waals surface area contributed by atoms with E-state index in [0.717, 1.165) is 38.9 Å². The second-order valence-electron chi connectivity index (χ2n) is 6.06. The number of carbonyl (C=O) groups is 1. The maximum atomic E-state index is 12.4. The average Bonchev–Trinajstić information content (AvgIpc) is 2.58. The zero-order valence-corrected chi connectivity index (χ0v) is 15.0. The fourth-order valence-electron chi connectivity index (χ4n) is 2.81. The first-order chi connectivity index (χ1) is 11.4. The second-order valence-corrected chi connectivity index (χ2v) is 6.06. The van der Waals surface area contributed by atoms with Gasteiger partial charge in [0.1, 0.15) is 5.75 Å². The summed E-state index contributed by atoms with van der Waals surface area (Å²) >= 11 is 0. The van der Waals surface area contributed by atoms with E-state index in [9.17, 15) is 18.0 Å². The van der Waals surface area contributed by atoms with E-state index in [4.69, 9.17) is 0 Å². The molecule has 1 saturated heterocycles. The molecule has 142 valence electrons. The van der Waals surface area contributed by atoms with Crippen molar-refractivity contribution in [1.29, 1.82) is 0 Å². The minimum Gasteiger partial charge on any atom is -0.484 e. The predicted molar refractivity (Wildman–Crippen MR) is 92.4 cm³/mol. The van der Waals surface area contributed by atoms with Crippen LogP contribution in [-0.2, 0) is 0 Å². The van der Waals surface area contributed by atoms with Gasteiger partial charge in [0.25, 0.3) is 5.91 Å². The fraction of sp³-hybridized carbons (Fsp3) is 0.588. The van der Waals surface area contributed by atoms with Crippen molar-refractivity contribution in [2.75, 3.05) is 33.3 Å². The molecule has 1 aromatic carbocycles. The Kier molecular flexibility index (Phi) is 8.52. The molecule has 1 fully saturated rings. The molecule has 0 atom stereocenters. The van der Waals surface area contributed by atoms with Crippen molar-refractivity contribution >= 4 is 18.3 Å². The second kappa shape index (κ2) is 9.87. The van der Waals surface area contributed by atoms with E-state index >= 15 is 0 Å². The molecule has 0 aromatic heterocycles. The van der Waals surface area contributed by atoms with Gasteiger partial charge in [-0.25, -0.2) is 0 Å². The van der Waals surface area contributed by atoms with Gasteiger partial charge >= 0.3 is 6.18 Å². The van der Waals surface area contributed by atoms with Gasteiger partial charge in [-0.2, -0.15) is 13.2 Å². The topological polar surface area (TPSA) is 41.6 Å². The number of ether oxygens (including phenoxy) is 1. The Morgan fingerprint density at radius 3 is 2.36 bits per heavy atom. The number of halogens is 4. The van der Waals surface area contributed by atoms with Gasteiger partial charge in [-0.1, -0.05) is 0 Å². The lowest BCUT2D eigenvalue weighted by Crippen LogP contribution is -2.38. The number of rotatable bonds is 6. The number of likely N-dealkylation sites (tertiary alicyclic amines) is 1. The number of nitrogens with one attached hydrogen (secondary N) is 1. The molecule has 1 aliphatic rings. The molecule has 4 nitrogen and oxygen atoms in total. The molecule has 0 spiro atoms. The van der Waals surface area contributed by atoms with E-state index in [1.807, 2.05) is 7.05 Å². The highest BCUT2D eigenvalue weighted by molar-refractivity contribution is 5.94. The van der Waals surface area contributed by atoms with Crippen LogP contribution in [0.25, 0.3) is 0 Å². The molecule has 0 saturated carbocycles. The summed E-state index contributed by atoms with van der Waals surface area (Å²) in [5.41, 5.74) is 0.475. The number of benzene rings is 1. The van der Waals surface area contributed by atoms with Crippen LogP contribution in [-0.4, -0.2) is 50.3 Å². The molecular formula is C17H24ClF3N2O2. The number of piperidine rings is 1. The standard InChI is InChI=1S/C17H23F3N2O2.ClH/c1-21-9-6-13-7-10-22(11-8-13)16(23)14-2-4-15(5-3-14)24-12-17(18,19)20;/h2-5,13,21H,6-12H2,1H3;1H. The lowest BCUT2D eigenvalue weighted by atomic mass is 9.93. The van der Waals surface area contributed by atoms with Gasteiger partial charge in [0, 0.05) is 18.7 Å². The van der Waals surface area contributed by atoms with E-state index in [0.29, 0.717) is 11.5 Å². The molecule has 1 amide bonds. The number of amides is 1. The molecule has 0 aliphatic carbocycles. The van der Waals surface area contributed by atoms with Gasteiger partial charge in [0.15, 0.2) is 6.61 Å². The van der Waals surface area contributed by atoms with Crippen LogP contribution in [0.5, 0.6) is 5.75 Å². The molecule has 8 heteroatoms. The van der Waals surface area contributed by atoms with Gasteiger partial charge in [-0.05, 0) is 63.0 Å². The lowest BCUT2D eigenvalue weighted by molar-refractivity contribution is -0.153. The molecule has 1 aliphatic heterocycles. The Morgan fingerprint density at radius 1 is 1.24 bits per heavy atom. The SMILES string of the molecule is CNCCC1CCN(C(=O)c2ccc(OCC(F)(F)F)cc2)CC1.Cl. The average molecular weight is 381 g/mol. The molecule has 0 bridgehead atoms. The van der Waals surface area contributed by atoms with Crippen LogP contribution in [0, 0.1) is 5.92 Å². The third kappa shape index (κ3) is 7.12. The van der Waals surface area contributed by atoms with Gasteiger partial charge in [0.2, 0.25) is 0 Å². The Morgan fingerprint density at radius 2 is 1.84 bits per heavy atom. The van der Waals surface area contributed by atoms with E-state index in [1.165, 1.54) is 24.3 Å². The Balaban J connectivity index is 0.00000312. The highest BCUT2D eigenvalue weighted by Gasteiger charge is 2.28. The largest absolute Gasteiger partial charge is 0.484 e. The number of carbonyl (C=O) groups excluding carboxylic acids is 1. The summed E-state index contributed by atoms with van der Waals surface area (Å²) in [6.45, 7) is 1.09. The summed E-state index contributed by atoms with van der Waals surface area (Å²) in [5.74, 6) is 0.665. The smallest absolute Gasteiger partial charge is 0.422 e. The minimum absolute atomic E-state index is 0. The van der Waals surface area contributed by atoms with Crippen LogP contribution in [0.15, 0.2) is 24.3 Å². The summed E-state index contributed by atoms with van der Waals surface area (Å²) < 4.78 is 41.0. The van der Waals surface area contributed by atoms with Crippen LogP contribution in [0.2, 0.25) is 0 Å². The molecular weight excluding hydrogens is 357 g/mol. The molecule has 0 unspecified atom stereocenters. The summed E-state index contributed by atoms with van der Waals surface area (Å²) in [6.07, 6.45) is -1.28. The highest BCUT2D eigenvalue weighted by Crippen LogP contribution is 2.23. The van der Waals surface area contributed by atoms with Gasteiger partial charge in [-0.3, -0.25) is 4.79 Å². The van der Waals surface area contributed by atoms with Crippen molar-refractivity contribution < 1.29 is 22.7 Å². The summed E-state index contributed by atoms with van der Waals surface area (Å²) in [6, 6.07) is 5.83. The molecule has 1 N–H and O–H groups in total. The molecule has 1 heterocycles. The normalized spacial score (nSPS) is 15.6. The van der Waals surface area contributed by atoms with E-state index in [1.54, 1.807) is 4.90 Å². The lowest BCUT2D eigenvalue weighted by Gasteiger charge is -2.32. The van der Waals surface area contributed by atoms with Crippen LogP contribution >= 0.6 is 12.4 Å². The molecule has 25 heavy (non-hydrogen) atoms. The van der Waals surface area contributed by atoms with Crippen LogP contribution < -0.4 is 10.1 Å². The zero-order valence-electron chi connectivity index (χ0n) is 14.1. The molecule has 0 radical (unpaired) electrons. The highest BCUT2D eigenvalue weighted by atomic mass is 35.5. The van der Waals surface area contributed by atoms with Crippen molar-refractivity contribution in [3.8, 4) is 5.75 Å². The minimum atomic E-state index is -4.37. The quantitative estimate of drug-likeness (QED) is 0.821. The van der Waals surface area contributed by atoms with E-state index in [2.05, 4.69) is 10.1 Å². The maximum absolute atomic E-state index is 12.4. The van der Waals surface area contributed by atoms with Crippen LogP contribution in [0.4, 0.5) is 13.2 Å². The van der Waals surface area contributed by atoms with Crippen LogP contribution in [0.3, 0.4) is 0 Å². The zero-order chi connectivity index (χ0) is 17.6. The van der Waals surface area contributed by atoms with E-state index in [-0.39, 0.29) is 24.1 Å². The summed E-state index contributed by atoms with van der Waals surface area (Å²) in [7, 11) is 1.93. The molecule has 1 aromatic rings. The van der Waals surface area contributed by atoms with E-state index < -0.39 is 12.8 Å². The van der Waals surface area contributed by atoms with Crippen molar-refractivity contribution in [2.24, 2.45) is 5.92 Å². The van der Waals surface area contributed by atoms with Gasteiger partial charge in [-0.15, -0.1) is 12.4 Å². The van der Waals surface area contributed by atoms with Crippen molar-refractivity contribution in [3.63, 3.8) is 0 Å². The summed E-state index contributed by atoms with van der Waals surface area (Å²) in [5, 5.41) is 3.14.